The Kier molecular flexibility index (Phi) is 6.48. The van der Waals surface area contributed by atoms with Crippen molar-refractivity contribution in [2.24, 2.45) is 0 Å². The molecule has 9 heteroatoms. The summed E-state index contributed by atoms with van der Waals surface area (Å²) in [6, 6.07) is 14.7. The Morgan fingerprint density at radius 2 is 2.00 bits per heavy atom. The molecule has 31 heavy (non-hydrogen) atoms. The van der Waals surface area contributed by atoms with Crippen molar-refractivity contribution in [2.75, 3.05) is 23.4 Å². The fourth-order valence-electron chi connectivity index (χ4n) is 3.46. The second-order valence-corrected chi connectivity index (χ2v) is 8.57. The Hall–Kier alpha value is -2.97. The van der Waals surface area contributed by atoms with E-state index in [4.69, 9.17) is 16.3 Å². The predicted octanol–water partition coefficient (Wildman–Crippen LogP) is 4.29. The number of benzene rings is 2. The van der Waals surface area contributed by atoms with Crippen LogP contribution in [0.4, 0.5) is 10.8 Å². The number of ether oxygens (including phenoxy) is 1. The Labute approximate surface area is 189 Å². The second-order valence-electron chi connectivity index (χ2n) is 7.12. The topological polar surface area (TPSA) is 84.4 Å². The summed E-state index contributed by atoms with van der Waals surface area (Å²) in [6.07, 6.45) is 1.23. The zero-order valence-corrected chi connectivity index (χ0v) is 18.4. The van der Waals surface area contributed by atoms with Crippen molar-refractivity contribution in [3.63, 3.8) is 0 Å². The summed E-state index contributed by atoms with van der Waals surface area (Å²) in [4.78, 5) is 26.6. The number of halogens is 1. The highest BCUT2D eigenvalue weighted by Crippen LogP contribution is 2.35. The minimum absolute atomic E-state index is 0.0501. The Balaban J connectivity index is 1.36. The molecule has 0 saturated carbocycles. The van der Waals surface area contributed by atoms with E-state index in [0.29, 0.717) is 28.9 Å². The summed E-state index contributed by atoms with van der Waals surface area (Å²) in [7, 11) is 0. The zero-order valence-electron chi connectivity index (χ0n) is 16.9. The van der Waals surface area contributed by atoms with Crippen LogP contribution in [0.2, 0.25) is 5.02 Å². The first-order valence-electron chi connectivity index (χ1n) is 9.93. The summed E-state index contributed by atoms with van der Waals surface area (Å²) in [5.41, 5.74) is 2.09. The molecule has 0 spiro atoms. The lowest BCUT2D eigenvalue weighted by Crippen LogP contribution is -2.25. The monoisotopic (exact) mass is 456 g/mol. The number of rotatable bonds is 7. The van der Waals surface area contributed by atoms with E-state index >= 15 is 0 Å². The Bertz CT molecular complexity index is 1090. The smallest absolute Gasteiger partial charge is 0.264 e. The van der Waals surface area contributed by atoms with E-state index in [0.717, 1.165) is 22.7 Å². The number of carbonyl (C=O) groups is 2. The van der Waals surface area contributed by atoms with Gasteiger partial charge in [-0.3, -0.25) is 14.9 Å². The molecule has 160 valence electrons. The van der Waals surface area contributed by atoms with Crippen LogP contribution in [0.1, 0.15) is 29.8 Å². The number of aryl methyl sites for hydroxylation is 1. The summed E-state index contributed by atoms with van der Waals surface area (Å²) in [5, 5.41) is 12.7. The molecule has 3 aromatic rings. The number of anilines is 2. The average Bonchev–Trinajstić information content (AvgIpc) is 3.39. The fraction of sp³-hybridized carbons (Fsp3) is 0.273. The SMILES string of the molecule is CCc1ccccc1N1C[C@H](c2nnc(NC(=O)COc3ccc(Cl)cc3)s2)CC1=O. The molecule has 1 atom stereocenters. The van der Waals surface area contributed by atoms with Crippen LogP contribution in [-0.4, -0.2) is 35.2 Å². The second kappa shape index (κ2) is 9.45. The molecule has 4 rings (SSSR count). The number of hydrogen-bond donors (Lipinski definition) is 1. The van der Waals surface area contributed by atoms with Gasteiger partial charge in [0.15, 0.2) is 6.61 Å². The zero-order chi connectivity index (χ0) is 21.8. The summed E-state index contributed by atoms with van der Waals surface area (Å²) < 4.78 is 5.43. The van der Waals surface area contributed by atoms with Gasteiger partial charge in [0.1, 0.15) is 10.8 Å². The van der Waals surface area contributed by atoms with Crippen molar-refractivity contribution in [1.29, 1.82) is 0 Å². The van der Waals surface area contributed by atoms with Gasteiger partial charge in [0, 0.05) is 29.6 Å². The molecule has 1 aliphatic rings. The summed E-state index contributed by atoms with van der Waals surface area (Å²) in [5.74, 6) is 0.238. The van der Waals surface area contributed by atoms with E-state index in [1.807, 2.05) is 29.2 Å². The normalized spacial score (nSPS) is 15.9. The molecule has 0 aliphatic carbocycles. The maximum Gasteiger partial charge on any atom is 0.264 e. The van der Waals surface area contributed by atoms with Crippen LogP contribution < -0.4 is 15.0 Å². The number of hydrogen-bond acceptors (Lipinski definition) is 6. The van der Waals surface area contributed by atoms with Crippen molar-refractivity contribution in [2.45, 2.75) is 25.7 Å². The molecular formula is C22H21ClN4O3S. The number of amides is 2. The van der Waals surface area contributed by atoms with E-state index in [1.54, 1.807) is 24.3 Å². The quantitative estimate of drug-likeness (QED) is 0.573. The molecule has 0 radical (unpaired) electrons. The third kappa shape index (κ3) is 5.03. The first kappa shape index (κ1) is 21.3. The lowest BCUT2D eigenvalue weighted by molar-refractivity contribution is -0.118. The standard InChI is InChI=1S/C22H21ClN4O3S/c1-2-14-5-3-4-6-18(14)27-12-15(11-20(27)29)21-25-26-22(31-21)24-19(28)13-30-17-9-7-16(23)8-10-17/h3-10,15H,2,11-13H2,1H3,(H,24,26,28)/t15-/m1/s1. The highest BCUT2D eigenvalue weighted by Gasteiger charge is 2.34. The maximum absolute atomic E-state index is 12.6. The first-order chi connectivity index (χ1) is 15.0. The molecule has 1 aromatic heterocycles. The first-order valence-corrected chi connectivity index (χ1v) is 11.1. The van der Waals surface area contributed by atoms with Gasteiger partial charge < -0.3 is 9.64 Å². The minimum atomic E-state index is -0.335. The number of carbonyl (C=O) groups excluding carboxylic acids is 2. The predicted molar refractivity (Wildman–Crippen MR) is 121 cm³/mol. The van der Waals surface area contributed by atoms with Gasteiger partial charge >= 0.3 is 0 Å². The van der Waals surface area contributed by atoms with Crippen LogP contribution in [0, 0.1) is 0 Å². The molecule has 1 aliphatic heterocycles. The lowest BCUT2D eigenvalue weighted by atomic mass is 10.1. The van der Waals surface area contributed by atoms with E-state index in [1.165, 1.54) is 11.3 Å². The van der Waals surface area contributed by atoms with Crippen LogP contribution >= 0.6 is 22.9 Å². The van der Waals surface area contributed by atoms with E-state index in [2.05, 4.69) is 22.4 Å². The van der Waals surface area contributed by atoms with Gasteiger partial charge in [-0.1, -0.05) is 48.1 Å². The molecule has 1 saturated heterocycles. The molecule has 2 aromatic carbocycles. The van der Waals surface area contributed by atoms with Crippen LogP contribution in [-0.2, 0) is 16.0 Å². The highest BCUT2D eigenvalue weighted by atomic mass is 35.5. The van der Waals surface area contributed by atoms with E-state index in [-0.39, 0.29) is 24.3 Å². The van der Waals surface area contributed by atoms with Gasteiger partial charge in [0.25, 0.3) is 5.91 Å². The molecule has 0 unspecified atom stereocenters. The number of nitrogens with one attached hydrogen (secondary N) is 1. The van der Waals surface area contributed by atoms with E-state index < -0.39 is 0 Å². The van der Waals surface area contributed by atoms with Gasteiger partial charge in [-0.15, -0.1) is 10.2 Å². The number of para-hydroxylation sites is 1. The molecule has 0 bridgehead atoms. The number of aromatic nitrogens is 2. The van der Waals surface area contributed by atoms with Crippen molar-refractivity contribution >= 4 is 45.6 Å². The largest absolute Gasteiger partial charge is 0.484 e. The van der Waals surface area contributed by atoms with Gasteiger partial charge in [-0.2, -0.15) is 0 Å². The average molecular weight is 457 g/mol. The molecule has 1 fully saturated rings. The highest BCUT2D eigenvalue weighted by molar-refractivity contribution is 7.15. The fourth-order valence-corrected chi connectivity index (χ4v) is 4.44. The third-order valence-corrected chi connectivity index (χ3v) is 6.26. The van der Waals surface area contributed by atoms with Crippen molar-refractivity contribution < 1.29 is 14.3 Å². The maximum atomic E-state index is 12.6. The van der Waals surface area contributed by atoms with E-state index in [9.17, 15) is 9.59 Å². The molecule has 2 heterocycles. The molecular weight excluding hydrogens is 436 g/mol. The molecule has 7 nitrogen and oxygen atoms in total. The molecule has 2 amide bonds. The molecule has 1 N–H and O–H groups in total. The van der Waals surface area contributed by atoms with Crippen molar-refractivity contribution in [1.82, 2.24) is 10.2 Å². The third-order valence-electron chi connectivity index (χ3n) is 5.01. The Morgan fingerprint density at radius 3 is 2.77 bits per heavy atom. The van der Waals surface area contributed by atoms with Crippen molar-refractivity contribution in [3.8, 4) is 5.75 Å². The van der Waals surface area contributed by atoms with Gasteiger partial charge in [0.05, 0.1) is 0 Å². The van der Waals surface area contributed by atoms with Gasteiger partial charge in [-0.25, -0.2) is 0 Å². The number of nitrogens with zero attached hydrogens (tertiary/aromatic N) is 3. The lowest BCUT2D eigenvalue weighted by Gasteiger charge is -2.19. The van der Waals surface area contributed by atoms with Crippen LogP contribution in [0.5, 0.6) is 5.75 Å². The van der Waals surface area contributed by atoms with Gasteiger partial charge in [-0.05, 0) is 42.3 Å². The minimum Gasteiger partial charge on any atom is -0.484 e. The van der Waals surface area contributed by atoms with Gasteiger partial charge in [0.2, 0.25) is 11.0 Å². The summed E-state index contributed by atoms with van der Waals surface area (Å²) in [6.45, 7) is 2.48. The van der Waals surface area contributed by atoms with Crippen LogP contribution in [0.25, 0.3) is 0 Å². The summed E-state index contributed by atoms with van der Waals surface area (Å²) >= 11 is 7.12. The van der Waals surface area contributed by atoms with Crippen LogP contribution in [0.15, 0.2) is 48.5 Å². The Morgan fingerprint density at radius 1 is 1.23 bits per heavy atom. The van der Waals surface area contributed by atoms with Crippen molar-refractivity contribution in [3.05, 3.63) is 64.1 Å². The van der Waals surface area contributed by atoms with Crippen LogP contribution in [0.3, 0.4) is 0 Å².